The van der Waals surface area contributed by atoms with Gasteiger partial charge in [-0.05, 0) is 43.9 Å². The smallest absolute Gasteiger partial charge is 0.259 e. The molecule has 2 aliphatic rings. The molecule has 1 amide bonds. The second kappa shape index (κ2) is 5.91. The molecule has 4 N–H and O–H groups in total. The van der Waals surface area contributed by atoms with Crippen LogP contribution in [0.4, 0.5) is 11.4 Å². The summed E-state index contributed by atoms with van der Waals surface area (Å²) in [6.45, 7) is 2.72. The van der Waals surface area contributed by atoms with E-state index < -0.39 is 0 Å². The summed E-state index contributed by atoms with van der Waals surface area (Å²) in [6, 6.07) is 5.68. The molecule has 5 nitrogen and oxygen atoms in total. The molecule has 3 rings (SSSR count). The molecule has 1 aromatic carbocycles. The summed E-state index contributed by atoms with van der Waals surface area (Å²) in [5.74, 6) is 0.591. The highest BCUT2D eigenvalue weighted by Gasteiger charge is 2.28. The van der Waals surface area contributed by atoms with Crippen molar-refractivity contribution in [3.8, 4) is 0 Å². The third kappa shape index (κ3) is 2.99. The van der Waals surface area contributed by atoms with E-state index in [9.17, 15) is 4.79 Å². The highest BCUT2D eigenvalue weighted by Crippen LogP contribution is 2.34. The van der Waals surface area contributed by atoms with Crippen molar-refractivity contribution in [2.45, 2.75) is 19.8 Å². The quantitative estimate of drug-likeness (QED) is 0.591. The molecule has 23 heavy (non-hydrogen) atoms. The summed E-state index contributed by atoms with van der Waals surface area (Å²) in [4.78, 5) is 13.7. The second-order valence-electron chi connectivity index (χ2n) is 6.17. The molecule has 0 unspecified atom stereocenters. The molecule has 1 saturated carbocycles. The van der Waals surface area contributed by atoms with Crippen LogP contribution in [-0.2, 0) is 4.79 Å². The Morgan fingerprint density at radius 2 is 2.17 bits per heavy atom. The number of nitrogen functional groups attached to an aromatic ring is 1. The SMILES string of the molecule is C/C=C1\C(=N)C(c2cc(N)ccc2NCC2CC2)=CN(C)C1=O. The average molecular weight is 310 g/mol. The maximum Gasteiger partial charge on any atom is 0.259 e. The number of nitrogens with two attached hydrogens (primary N) is 1. The van der Waals surface area contributed by atoms with E-state index in [0.29, 0.717) is 16.8 Å². The molecule has 0 atom stereocenters. The first kappa shape index (κ1) is 15.3. The number of nitrogens with zero attached hydrogens (tertiary/aromatic N) is 1. The van der Waals surface area contributed by atoms with Gasteiger partial charge in [0.1, 0.15) is 0 Å². The Morgan fingerprint density at radius 3 is 2.83 bits per heavy atom. The molecule has 0 saturated heterocycles. The van der Waals surface area contributed by atoms with Crippen LogP contribution in [0.3, 0.4) is 0 Å². The number of carbonyl (C=O) groups is 1. The molecule has 0 radical (unpaired) electrons. The molecule has 0 bridgehead atoms. The number of hydrogen-bond acceptors (Lipinski definition) is 4. The normalized spacial score (nSPS) is 20.0. The molecule has 5 heteroatoms. The van der Waals surface area contributed by atoms with Crippen LogP contribution in [0, 0.1) is 11.3 Å². The van der Waals surface area contributed by atoms with E-state index in [0.717, 1.165) is 23.7 Å². The first-order valence-corrected chi connectivity index (χ1v) is 7.89. The molecule has 0 aromatic heterocycles. The monoisotopic (exact) mass is 310 g/mol. The first-order valence-electron chi connectivity index (χ1n) is 7.89. The van der Waals surface area contributed by atoms with Crippen molar-refractivity contribution < 1.29 is 4.79 Å². The summed E-state index contributed by atoms with van der Waals surface area (Å²) in [7, 11) is 1.71. The number of benzene rings is 1. The van der Waals surface area contributed by atoms with Gasteiger partial charge >= 0.3 is 0 Å². The Hall–Kier alpha value is -2.56. The Bertz CT molecular complexity index is 729. The van der Waals surface area contributed by atoms with Crippen LogP contribution in [0.25, 0.3) is 5.57 Å². The van der Waals surface area contributed by atoms with E-state index in [1.165, 1.54) is 17.7 Å². The Balaban J connectivity index is 2.01. The van der Waals surface area contributed by atoms with E-state index >= 15 is 0 Å². The zero-order valence-electron chi connectivity index (χ0n) is 13.5. The van der Waals surface area contributed by atoms with Gasteiger partial charge in [-0.15, -0.1) is 0 Å². The van der Waals surface area contributed by atoms with Crippen molar-refractivity contribution >= 4 is 28.6 Å². The largest absolute Gasteiger partial charge is 0.399 e. The fourth-order valence-electron chi connectivity index (χ4n) is 2.75. The van der Waals surface area contributed by atoms with Crippen LogP contribution in [0.5, 0.6) is 0 Å². The third-order valence-electron chi connectivity index (χ3n) is 4.31. The molecule has 1 fully saturated rings. The van der Waals surface area contributed by atoms with Crippen molar-refractivity contribution in [2.24, 2.45) is 5.92 Å². The number of carbonyl (C=O) groups excluding carboxylic acids is 1. The van der Waals surface area contributed by atoms with Gasteiger partial charge in [0.05, 0.1) is 11.3 Å². The minimum absolute atomic E-state index is 0.155. The summed E-state index contributed by atoms with van der Waals surface area (Å²) in [6.07, 6.45) is 5.96. The van der Waals surface area contributed by atoms with Gasteiger partial charge in [-0.1, -0.05) is 6.08 Å². The van der Waals surface area contributed by atoms with Gasteiger partial charge in [0.15, 0.2) is 0 Å². The second-order valence-corrected chi connectivity index (χ2v) is 6.17. The number of allylic oxidation sites excluding steroid dienone is 2. The maximum atomic E-state index is 12.2. The number of anilines is 2. The third-order valence-corrected chi connectivity index (χ3v) is 4.31. The summed E-state index contributed by atoms with van der Waals surface area (Å²) >= 11 is 0. The highest BCUT2D eigenvalue weighted by molar-refractivity contribution is 6.41. The fraction of sp³-hybridized carbons (Fsp3) is 0.333. The standard InChI is InChI=1S/C18H22N4O/c1-3-13-17(20)15(10-22(2)18(13)23)14-8-12(19)6-7-16(14)21-9-11-4-5-11/h3,6-8,10-11,20-21H,4-5,9,19H2,1-2H3/b13-3+,20-17?. The van der Waals surface area contributed by atoms with Crippen LogP contribution in [0.1, 0.15) is 25.3 Å². The van der Waals surface area contributed by atoms with Crippen molar-refractivity contribution in [3.05, 3.63) is 41.6 Å². The maximum absolute atomic E-state index is 12.2. The van der Waals surface area contributed by atoms with Crippen LogP contribution in [-0.4, -0.2) is 30.1 Å². The molecule has 1 heterocycles. The van der Waals surface area contributed by atoms with Gasteiger partial charge < -0.3 is 16.0 Å². The van der Waals surface area contributed by atoms with E-state index in [1.807, 2.05) is 18.2 Å². The van der Waals surface area contributed by atoms with Crippen LogP contribution >= 0.6 is 0 Å². The predicted molar refractivity (Wildman–Crippen MR) is 94.3 cm³/mol. The van der Waals surface area contributed by atoms with Crippen LogP contribution in [0.2, 0.25) is 0 Å². The van der Waals surface area contributed by atoms with Crippen LogP contribution in [0.15, 0.2) is 36.0 Å². The Kier molecular flexibility index (Phi) is 3.94. The molecule has 1 aliphatic heterocycles. The van der Waals surface area contributed by atoms with Crippen molar-refractivity contribution in [2.75, 3.05) is 24.6 Å². The van der Waals surface area contributed by atoms with E-state index in [-0.39, 0.29) is 11.6 Å². The predicted octanol–water partition coefficient (Wildman–Crippen LogP) is 2.87. The number of likely N-dealkylation sites (N-methyl/N-ethyl adjacent to an activating group) is 1. The van der Waals surface area contributed by atoms with E-state index in [1.54, 1.807) is 26.2 Å². The average Bonchev–Trinajstić information content (AvgIpc) is 3.34. The summed E-state index contributed by atoms with van der Waals surface area (Å²) < 4.78 is 0. The topological polar surface area (TPSA) is 82.2 Å². The van der Waals surface area contributed by atoms with Crippen molar-refractivity contribution in [3.63, 3.8) is 0 Å². The van der Waals surface area contributed by atoms with Gasteiger partial charge in [0, 0.05) is 42.3 Å². The number of amides is 1. The van der Waals surface area contributed by atoms with E-state index in [2.05, 4.69) is 5.32 Å². The van der Waals surface area contributed by atoms with Gasteiger partial charge in [0.2, 0.25) is 0 Å². The molecular formula is C18H22N4O. The number of nitrogens with one attached hydrogen (secondary N) is 2. The highest BCUT2D eigenvalue weighted by atomic mass is 16.2. The van der Waals surface area contributed by atoms with Gasteiger partial charge in [-0.3, -0.25) is 10.2 Å². The Morgan fingerprint density at radius 1 is 1.43 bits per heavy atom. The minimum Gasteiger partial charge on any atom is -0.399 e. The molecular weight excluding hydrogens is 288 g/mol. The lowest BCUT2D eigenvalue weighted by Crippen LogP contribution is -2.32. The van der Waals surface area contributed by atoms with Gasteiger partial charge in [0.25, 0.3) is 5.91 Å². The van der Waals surface area contributed by atoms with Crippen molar-refractivity contribution in [1.82, 2.24) is 4.90 Å². The van der Waals surface area contributed by atoms with Gasteiger partial charge in [-0.2, -0.15) is 0 Å². The lowest BCUT2D eigenvalue weighted by atomic mass is 9.91. The lowest BCUT2D eigenvalue weighted by Gasteiger charge is -2.26. The minimum atomic E-state index is -0.155. The summed E-state index contributed by atoms with van der Waals surface area (Å²) in [5, 5.41) is 11.9. The zero-order chi connectivity index (χ0) is 16.6. The Labute approximate surface area is 136 Å². The fourth-order valence-corrected chi connectivity index (χ4v) is 2.75. The van der Waals surface area contributed by atoms with Crippen LogP contribution < -0.4 is 11.1 Å². The number of rotatable bonds is 4. The molecule has 1 aliphatic carbocycles. The van der Waals surface area contributed by atoms with Gasteiger partial charge in [-0.25, -0.2) is 0 Å². The molecule has 1 aromatic rings. The lowest BCUT2D eigenvalue weighted by molar-refractivity contribution is -0.123. The van der Waals surface area contributed by atoms with E-state index in [4.69, 9.17) is 11.1 Å². The zero-order valence-corrected chi connectivity index (χ0v) is 13.5. The molecule has 0 spiro atoms. The van der Waals surface area contributed by atoms with Crippen molar-refractivity contribution in [1.29, 1.82) is 5.41 Å². The summed E-state index contributed by atoms with van der Waals surface area (Å²) in [5.41, 5.74) is 9.81. The number of hydrogen-bond donors (Lipinski definition) is 3. The first-order chi connectivity index (χ1) is 11.0. The molecule has 120 valence electrons.